The lowest BCUT2D eigenvalue weighted by Gasteiger charge is -2.11. The van der Waals surface area contributed by atoms with Crippen molar-refractivity contribution in [3.63, 3.8) is 0 Å². The van der Waals surface area contributed by atoms with Crippen molar-refractivity contribution in [2.45, 2.75) is 25.3 Å². The number of benzene rings is 1. The highest BCUT2D eigenvalue weighted by Crippen LogP contribution is 2.38. The summed E-state index contributed by atoms with van der Waals surface area (Å²) < 4.78 is 10.4. The van der Waals surface area contributed by atoms with Gasteiger partial charge < -0.3 is 14.8 Å². The van der Waals surface area contributed by atoms with Crippen molar-refractivity contribution < 1.29 is 19.1 Å². The molecule has 0 saturated heterocycles. The Labute approximate surface area is 183 Å². The number of aromatic nitrogens is 2. The van der Waals surface area contributed by atoms with Gasteiger partial charge in [-0.15, -0.1) is 11.3 Å². The number of nitrogens with one attached hydrogen (secondary N) is 2. The van der Waals surface area contributed by atoms with E-state index in [1.165, 1.54) is 25.6 Å². The van der Waals surface area contributed by atoms with E-state index in [0.29, 0.717) is 35.2 Å². The van der Waals surface area contributed by atoms with Gasteiger partial charge in [0.15, 0.2) is 5.13 Å². The summed E-state index contributed by atoms with van der Waals surface area (Å²) in [6.07, 6.45) is 4.90. The van der Waals surface area contributed by atoms with Gasteiger partial charge in [0.05, 0.1) is 25.8 Å². The number of methoxy groups -OCH3 is 2. The molecule has 2 aromatic heterocycles. The highest BCUT2D eigenvalue weighted by atomic mass is 32.1. The Bertz CT molecular complexity index is 1080. The van der Waals surface area contributed by atoms with Crippen LogP contribution in [0.3, 0.4) is 0 Å². The molecule has 0 fully saturated rings. The third-order valence-electron chi connectivity index (χ3n) is 5.06. The maximum atomic E-state index is 12.7. The number of hydrogen-bond acceptors (Lipinski definition) is 7. The summed E-state index contributed by atoms with van der Waals surface area (Å²) in [4.78, 5) is 35.0. The Hall–Kier alpha value is -3.46. The Morgan fingerprint density at radius 2 is 1.97 bits per heavy atom. The van der Waals surface area contributed by atoms with Crippen LogP contribution in [0.25, 0.3) is 0 Å². The van der Waals surface area contributed by atoms with Crippen LogP contribution in [0.2, 0.25) is 0 Å². The second kappa shape index (κ2) is 9.13. The number of rotatable bonds is 7. The molecular weight excluding hydrogens is 416 g/mol. The van der Waals surface area contributed by atoms with Gasteiger partial charge >= 0.3 is 0 Å². The van der Waals surface area contributed by atoms with Crippen LogP contribution in [0.1, 0.15) is 38.8 Å². The van der Waals surface area contributed by atoms with Crippen molar-refractivity contribution in [2.24, 2.45) is 0 Å². The number of hydrogen-bond donors (Lipinski definition) is 2. The Morgan fingerprint density at radius 3 is 2.65 bits per heavy atom. The van der Waals surface area contributed by atoms with E-state index in [1.807, 2.05) is 12.1 Å². The first kappa shape index (κ1) is 20.8. The molecule has 0 bridgehead atoms. The zero-order chi connectivity index (χ0) is 21.8. The van der Waals surface area contributed by atoms with Crippen molar-refractivity contribution in [3.05, 3.63) is 64.4 Å². The topological polar surface area (TPSA) is 102 Å². The van der Waals surface area contributed by atoms with Crippen LogP contribution in [0, 0.1) is 0 Å². The average Bonchev–Trinajstić information content (AvgIpc) is 3.37. The quantitative estimate of drug-likeness (QED) is 0.588. The largest absolute Gasteiger partial charge is 0.497 e. The van der Waals surface area contributed by atoms with Crippen molar-refractivity contribution in [1.82, 2.24) is 15.3 Å². The lowest BCUT2D eigenvalue weighted by atomic mass is 10.1. The molecule has 0 spiro atoms. The van der Waals surface area contributed by atoms with Crippen LogP contribution >= 0.6 is 11.3 Å². The van der Waals surface area contributed by atoms with Crippen LogP contribution in [-0.2, 0) is 17.8 Å². The van der Waals surface area contributed by atoms with Crippen molar-refractivity contribution in [2.75, 3.05) is 19.5 Å². The van der Waals surface area contributed by atoms with E-state index in [1.54, 1.807) is 30.6 Å². The van der Waals surface area contributed by atoms with E-state index in [2.05, 4.69) is 20.6 Å². The Morgan fingerprint density at radius 1 is 1.19 bits per heavy atom. The maximum absolute atomic E-state index is 12.7. The molecule has 1 atom stereocenters. The summed E-state index contributed by atoms with van der Waals surface area (Å²) in [5.41, 5.74) is 2.08. The second-order valence-electron chi connectivity index (χ2n) is 7.05. The minimum absolute atomic E-state index is 0.0664. The van der Waals surface area contributed by atoms with Gasteiger partial charge in [0.2, 0.25) is 5.91 Å². The van der Waals surface area contributed by atoms with Gasteiger partial charge in [-0.05, 0) is 36.6 Å². The number of anilines is 1. The maximum Gasteiger partial charge on any atom is 0.257 e. The number of carbonyl (C=O) groups is 2. The van der Waals surface area contributed by atoms with Crippen LogP contribution in [-0.4, -0.2) is 36.0 Å². The van der Waals surface area contributed by atoms with Crippen LogP contribution < -0.4 is 20.1 Å². The number of nitrogens with zero attached hydrogens (tertiary/aromatic N) is 2. The summed E-state index contributed by atoms with van der Waals surface area (Å²) >= 11 is 1.40. The molecule has 1 aromatic carbocycles. The highest BCUT2D eigenvalue weighted by molar-refractivity contribution is 7.16. The van der Waals surface area contributed by atoms with E-state index < -0.39 is 0 Å². The molecule has 2 heterocycles. The summed E-state index contributed by atoms with van der Waals surface area (Å²) in [7, 11) is 3.06. The predicted molar refractivity (Wildman–Crippen MR) is 117 cm³/mol. The Balaban J connectivity index is 1.44. The first-order valence-corrected chi connectivity index (χ1v) is 10.6. The number of carbonyl (C=O) groups excluding carboxylic acids is 2. The smallest absolute Gasteiger partial charge is 0.257 e. The van der Waals surface area contributed by atoms with Crippen LogP contribution in [0.4, 0.5) is 5.13 Å². The molecule has 0 saturated carbocycles. The number of pyridine rings is 1. The molecule has 2 N–H and O–H groups in total. The number of thiazole rings is 1. The third kappa shape index (κ3) is 4.66. The molecule has 160 valence electrons. The van der Waals surface area contributed by atoms with E-state index in [4.69, 9.17) is 9.47 Å². The summed E-state index contributed by atoms with van der Waals surface area (Å²) in [5, 5.41) is 6.25. The lowest BCUT2D eigenvalue weighted by molar-refractivity contribution is -0.122. The van der Waals surface area contributed by atoms with E-state index in [0.717, 1.165) is 22.6 Å². The normalized spacial score (nSPS) is 14.6. The second-order valence-corrected chi connectivity index (χ2v) is 8.14. The highest BCUT2D eigenvalue weighted by Gasteiger charge is 2.32. The molecule has 9 heteroatoms. The SMILES string of the molecule is COc1cc(OC)cc(C(=O)Nc2nc3c(s2)CCC3C(=O)NCc2cccnc2)c1. The van der Waals surface area contributed by atoms with Crippen LogP contribution in [0.15, 0.2) is 42.7 Å². The fraction of sp³-hybridized carbons (Fsp3) is 0.273. The van der Waals surface area contributed by atoms with Crippen molar-refractivity contribution >= 4 is 28.3 Å². The standard InChI is InChI=1S/C22H22N4O4S/c1-29-15-8-14(9-16(10-15)30-2)20(27)26-22-25-19-17(5-6-18(19)31-22)21(28)24-12-13-4-3-7-23-11-13/h3-4,7-11,17H,5-6,12H2,1-2H3,(H,24,28)(H,25,26,27). The Kier molecular flexibility index (Phi) is 6.13. The van der Waals surface area contributed by atoms with E-state index in [-0.39, 0.29) is 17.7 Å². The molecular formula is C22H22N4O4S. The number of fused-ring (bicyclic) bond motifs is 1. The first-order valence-electron chi connectivity index (χ1n) is 9.78. The molecule has 8 nitrogen and oxygen atoms in total. The van der Waals surface area contributed by atoms with E-state index in [9.17, 15) is 9.59 Å². The number of ether oxygens (including phenoxy) is 2. The summed E-state index contributed by atoms with van der Waals surface area (Å²) in [6, 6.07) is 8.71. The van der Waals surface area contributed by atoms with Crippen molar-refractivity contribution in [1.29, 1.82) is 0 Å². The fourth-order valence-electron chi connectivity index (χ4n) is 3.46. The first-order chi connectivity index (χ1) is 15.1. The molecule has 1 aliphatic rings. The van der Waals surface area contributed by atoms with Gasteiger partial charge in [-0.3, -0.25) is 19.9 Å². The molecule has 2 amide bonds. The molecule has 31 heavy (non-hydrogen) atoms. The predicted octanol–water partition coefficient (Wildman–Crippen LogP) is 3.15. The monoisotopic (exact) mass is 438 g/mol. The molecule has 0 aliphatic heterocycles. The molecule has 1 aliphatic carbocycles. The average molecular weight is 439 g/mol. The summed E-state index contributed by atoms with van der Waals surface area (Å²) in [6.45, 7) is 0.421. The van der Waals surface area contributed by atoms with Gasteiger partial charge in [0.1, 0.15) is 11.5 Å². The summed E-state index contributed by atoms with van der Waals surface area (Å²) in [5.74, 6) is 0.351. The van der Waals surface area contributed by atoms with Gasteiger partial charge in [-0.25, -0.2) is 4.98 Å². The number of aryl methyl sites for hydroxylation is 1. The van der Waals surface area contributed by atoms with Gasteiger partial charge in [0, 0.05) is 35.4 Å². The van der Waals surface area contributed by atoms with Gasteiger partial charge in [-0.2, -0.15) is 0 Å². The molecule has 4 rings (SSSR count). The van der Waals surface area contributed by atoms with E-state index >= 15 is 0 Å². The van der Waals surface area contributed by atoms with Gasteiger partial charge in [-0.1, -0.05) is 6.07 Å². The van der Waals surface area contributed by atoms with Crippen molar-refractivity contribution in [3.8, 4) is 11.5 Å². The zero-order valence-electron chi connectivity index (χ0n) is 17.2. The minimum Gasteiger partial charge on any atom is -0.497 e. The fourth-order valence-corrected chi connectivity index (χ4v) is 4.49. The number of amides is 2. The lowest BCUT2D eigenvalue weighted by Crippen LogP contribution is -2.28. The zero-order valence-corrected chi connectivity index (χ0v) is 18.0. The molecule has 3 aromatic rings. The third-order valence-corrected chi connectivity index (χ3v) is 6.10. The molecule has 1 unspecified atom stereocenters. The van der Waals surface area contributed by atoms with Gasteiger partial charge in [0.25, 0.3) is 5.91 Å². The minimum atomic E-state index is -0.317. The molecule has 0 radical (unpaired) electrons. The van der Waals surface area contributed by atoms with Crippen LogP contribution in [0.5, 0.6) is 11.5 Å².